The molecule has 50 heavy (non-hydrogen) atoms. The number of carbonyl (C=O) groups is 2. The largest absolute Gasteiger partial charge is 0.493 e. The second kappa shape index (κ2) is 15.3. The monoisotopic (exact) mass is 692 g/mol. The van der Waals surface area contributed by atoms with Crippen molar-refractivity contribution in [2.24, 2.45) is 4.99 Å². The zero-order valence-electron chi connectivity index (χ0n) is 28.1. The van der Waals surface area contributed by atoms with E-state index in [4.69, 9.17) is 28.4 Å². The van der Waals surface area contributed by atoms with Crippen LogP contribution in [0.2, 0.25) is 0 Å². The summed E-state index contributed by atoms with van der Waals surface area (Å²) >= 11 is 1.19. The summed E-state index contributed by atoms with van der Waals surface area (Å²) in [5.74, 6) is 1.01. The van der Waals surface area contributed by atoms with Gasteiger partial charge in [0.05, 0.1) is 54.8 Å². The highest BCUT2D eigenvalue weighted by molar-refractivity contribution is 7.07. The van der Waals surface area contributed by atoms with Crippen LogP contribution in [0, 0.1) is 0 Å². The van der Waals surface area contributed by atoms with Crippen molar-refractivity contribution in [1.29, 1.82) is 0 Å². The lowest BCUT2D eigenvalue weighted by Gasteiger charge is -2.26. The Labute approximate surface area is 292 Å². The predicted molar refractivity (Wildman–Crippen MR) is 190 cm³/mol. The van der Waals surface area contributed by atoms with Crippen LogP contribution in [-0.2, 0) is 14.3 Å². The molecule has 6 rings (SSSR count). The first kappa shape index (κ1) is 34.2. The fourth-order valence-electron chi connectivity index (χ4n) is 5.66. The molecule has 0 radical (unpaired) electrons. The molecule has 3 heterocycles. The Morgan fingerprint density at radius 1 is 0.880 bits per heavy atom. The standard InChI is InChI=1S/C39H36N2O8S/c1-5-7-21-48-37(43)26-15-13-24(14-16-26)29-20-18-28(49-29)23-32-36(42)41-35(27-17-19-30(45-3)31(22-27)46-4)33(38(44)47-6-2)34(40-39(41)50-32)25-11-9-8-10-12-25/h8-20,22-23,35H,5-7,21H2,1-4H3/b32-23-/t35-/m1/s1. The summed E-state index contributed by atoms with van der Waals surface area (Å²) in [6.45, 7) is 4.29. The van der Waals surface area contributed by atoms with Gasteiger partial charge in [-0.05, 0) is 55.3 Å². The molecule has 1 aliphatic rings. The van der Waals surface area contributed by atoms with E-state index in [0.717, 1.165) is 18.4 Å². The van der Waals surface area contributed by atoms with Crippen LogP contribution in [0.4, 0.5) is 0 Å². The van der Waals surface area contributed by atoms with Gasteiger partial charge in [0.1, 0.15) is 11.5 Å². The number of rotatable bonds is 12. The van der Waals surface area contributed by atoms with Crippen molar-refractivity contribution in [1.82, 2.24) is 4.57 Å². The van der Waals surface area contributed by atoms with E-state index in [-0.39, 0.29) is 23.7 Å². The van der Waals surface area contributed by atoms with Gasteiger partial charge in [-0.1, -0.05) is 73.2 Å². The van der Waals surface area contributed by atoms with Crippen LogP contribution in [0.1, 0.15) is 60.0 Å². The van der Waals surface area contributed by atoms with Crippen molar-refractivity contribution in [3.05, 3.63) is 133 Å². The third-order valence-corrected chi connectivity index (χ3v) is 9.12. The molecule has 0 unspecified atom stereocenters. The number of methoxy groups -OCH3 is 2. The number of unbranched alkanes of at least 4 members (excludes halogenated alkanes) is 1. The van der Waals surface area contributed by atoms with Crippen molar-refractivity contribution in [2.75, 3.05) is 27.4 Å². The Morgan fingerprint density at radius 3 is 2.34 bits per heavy atom. The molecule has 10 nitrogen and oxygen atoms in total. The molecule has 0 amide bonds. The highest BCUT2D eigenvalue weighted by atomic mass is 32.1. The molecule has 11 heteroatoms. The molecule has 0 fully saturated rings. The minimum atomic E-state index is -0.887. The van der Waals surface area contributed by atoms with Gasteiger partial charge in [-0.2, -0.15) is 0 Å². The van der Waals surface area contributed by atoms with Crippen molar-refractivity contribution in [3.8, 4) is 22.8 Å². The van der Waals surface area contributed by atoms with E-state index in [1.807, 2.05) is 37.3 Å². The van der Waals surface area contributed by atoms with Gasteiger partial charge in [0, 0.05) is 17.2 Å². The molecule has 0 aliphatic carbocycles. The Balaban J connectivity index is 1.45. The number of benzene rings is 3. The van der Waals surface area contributed by atoms with Crippen molar-refractivity contribution in [2.45, 2.75) is 32.7 Å². The molecule has 3 aromatic carbocycles. The van der Waals surface area contributed by atoms with Gasteiger partial charge >= 0.3 is 11.9 Å². The number of hydrogen-bond donors (Lipinski definition) is 0. The average Bonchev–Trinajstić information content (AvgIpc) is 3.74. The lowest BCUT2D eigenvalue weighted by molar-refractivity contribution is -0.138. The number of nitrogens with zero attached hydrogens (tertiary/aromatic N) is 2. The highest BCUT2D eigenvalue weighted by Crippen LogP contribution is 2.38. The Bertz CT molecular complexity index is 2230. The SMILES string of the molecule is CCCCOC(=O)c1ccc(-c2ccc(/C=c3\sc4n(c3=O)[C@H](c3ccc(OC)c(OC)c3)C(C(=O)OCC)=C(c3ccccc3)N=4)o2)cc1. The first-order chi connectivity index (χ1) is 24.4. The van der Waals surface area contributed by atoms with Crippen molar-refractivity contribution < 1.29 is 33.0 Å². The van der Waals surface area contributed by atoms with E-state index in [9.17, 15) is 14.4 Å². The van der Waals surface area contributed by atoms with Gasteiger partial charge in [0.2, 0.25) is 0 Å². The molecule has 0 spiro atoms. The van der Waals surface area contributed by atoms with Gasteiger partial charge in [-0.25, -0.2) is 14.6 Å². The van der Waals surface area contributed by atoms with Gasteiger partial charge in [0.15, 0.2) is 16.3 Å². The second-order valence-corrected chi connectivity index (χ2v) is 12.3. The average molecular weight is 693 g/mol. The third kappa shape index (κ3) is 6.90. The number of ether oxygens (including phenoxy) is 4. The van der Waals surface area contributed by atoms with E-state index >= 15 is 0 Å². The molecule has 0 saturated heterocycles. The number of aromatic nitrogens is 1. The fourth-order valence-corrected chi connectivity index (χ4v) is 6.64. The molecule has 0 N–H and O–H groups in total. The first-order valence-corrected chi connectivity index (χ1v) is 17.1. The zero-order valence-corrected chi connectivity index (χ0v) is 29.0. The van der Waals surface area contributed by atoms with E-state index < -0.39 is 12.0 Å². The highest BCUT2D eigenvalue weighted by Gasteiger charge is 2.35. The quantitative estimate of drug-likeness (QED) is 0.113. The zero-order chi connectivity index (χ0) is 35.2. The minimum absolute atomic E-state index is 0.139. The maximum Gasteiger partial charge on any atom is 0.338 e. The summed E-state index contributed by atoms with van der Waals surface area (Å²) in [6.07, 6.45) is 3.42. The van der Waals surface area contributed by atoms with Crippen LogP contribution in [0.5, 0.6) is 11.5 Å². The van der Waals surface area contributed by atoms with Crippen molar-refractivity contribution in [3.63, 3.8) is 0 Å². The second-order valence-electron chi connectivity index (χ2n) is 11.3. The summed E-state index contributed by atoms with van der Waals surface area (Å²) < 4.78 is 29.9. The van der Waals surface area contributed by atoms with Gasteiger partial charge in [0.25, 0.3) is 5.56 Å². The molecule has 2 aromatic heterocycles. The number of esters is 2. The summed E-state index contributed by atoms with van der Waals surface area (Å²) in [4.78, 5) is 45.7. The van der Waals surface area contributed by atoms with Crippen molar-refractivity contribution >= 4 is 35.0 Å². The van der Waals surface area contributed by atoms with Gasteiger partial charge in [-0.15, -0.1) is 0 Å². The molecule has 256 valence electrons. The van der Waals surface area contributed by atoms with Gasteiger partial charge < -0.3 is 23.4 Å². The molecule has 1 atom stereocenters. The molecular weight excluding hydrogens is 657 g/mol. The summed E-state index contributed by atoms with van der Waals surface area (Å²) in [5.41, 5.74) is 2.81. The van der Waals surface area contributed by atoms with Crippen LogP contribution in [0.3, 0.4) is 0 Å². The third-order valence-electron chi connectivity index (χ3n) is 8.13. The van der Waals surface area contributed by atoms with Crippen LogP contribution >= 0.6 is 11.3 Å². The van der Waals surface area contributed by atoms with E-state index in [0.29, 0.717) is 61.3 Å². The Kier molecular flexibility index (Phi) is 10.4. The number of carbonyl (C=O) groups excluding carboxylic acids is 2. The summed E-state index contributed by atoms with van der Waals surface area (Å²) in [5, 5.41) is 0. The molecule has 5 aromatic rings. The smallest absolute Gasteiger partial charge is 0.338 e. The van der Waals surface area contributed by atoms with Crippen LogP contribution in [0.15, 0.2) is 105 Å². The lowest BCUT2D eigenvalue weighted by Crippen LogP contribution is -2.40. The van der Waals surface area contributed by atoms with Crippen LogP contribution in [0.25, 0.3) is 23.1 Å². The fraction of sp³-hybridized carbons (Fsp3) is 0.231. The molecule has 0 bridgehead atoms. The number of hydrogen-bond acceptors (Lipinski definition) is 10. The van der Waals surface area contributed by atoms with Crippen LogP contribution in [-0.4, -0.2) is 43.9 Å². The maximum absolute atomic E-state index is 14.3. The number of thiazole rings is 1. The number of fused-ring (bicyclic) bond motifs is 1. The topological polar surface area (TPSA) is 119 Å². The molecular formula is C39H36N2O8S. The molecule has 0 saturated carbocycles. The lowest BCUT2D eigenvalue weighted by atomic mass is 9.93. The predicted octanol–water partition coefficient (Wildman–Crippen LogP) is 6.17. The summed E-state index contributed by atoms with van der Waals surface area (Å²) in [7, 11) is 3.07. The maximum atomic E-state index is 14.3. The molecule has 1 aliphatic heterocycles. The number of furan rings is 1. The Morgan fingerprint density at radius 2 is 1.64 bits per heavy atom. The first-order valence-electron chi connectivity index (χ1n) is 16.2. The minimum Gasteiger partial charge on any atom is -0.493 e. The normalized spacial score (nSPS) is 14.2. The van der Waals surface area contributed by atoms with Gasteiger partial charge in [-0.3, -0.25) is 9.36 Å². The van der Waals surface area contributed by atoms with E-state index in [1.165, 1.54) is 23.0 Å². The van der Waals surface area contributed by atoms with E-state index in [2.05, 4.69) is 0 Å². The van der Waals surface area contributed by atoms with E-state index in [1.54, 1.807) is 74.7 Å². The Hall–Kier alpha value is -5.68. The van der Waals surface area contributed by atoms with Crippen LogP contribution < -0.4 is 24.4 Å². The summed E-state index contributed by atoms with van der Waals surface area (Å²) in [6, 6.07) is 24.3.